The standard InChI is InChI=1S/C10H14IN2O2/c1-10(2,3)15-9(14)13-5-4-7(11)8(12)6-13/h4-6H,12H2,1-3H3/q+1. The molecule has 0 radical (unpaired) electrons. The number of pyridine rings is 1. The number of anilines is 1. The van der Waals surface area contributed by atoms with Crippen LogP contribution >= 0.6 is 22.6 Å². The predicted molar refractivity (Wildman–Crippen MR) is 65.4 cm³/mol. The fourth-order valence-corrected chi connectivity index (χ4v) is 1.22. The third kappa shape index (κ3) is 3.65. The Kier molecular flexibility index (Phi) is 3.54. The minimum atomic E-state index is -0.498. The number of nitrogens with zero attached hydrogens (tertiary/aromatic N) is 1. The van der Waals surface area contributed by atoms with E-state index < -0.39 is 11.7 Å². The van der Waals surface area contributed by atoms with Gasteiger partial charge in [-0.1, -0.05) is 4.57 Å². The lowest BCUT2D eigenvalue weighted by atomic mass is 10.2. The van der Waals surface area contributed by atoms with Gasteiger partial charge in [-0.05, 0) is 43.4 Å². The highest BCUT2D eigenvalue weighted by Gasteiger charge is 2.24. The van der Waals surface area contributed by atoms with E-state index in [2.05, 4.69) is 22.6 Å². The molecule has 0 bridgehead atoms. The van der Waals surface area contributed by atoms with Crippen LogP contribution in [0.25, 0.3) is 0 Å². The number of hydrogen-bond acceptors (Lipinski definition) is 3. The first kappa shape index (κ1) is 12.2. The Morgan fingerprint density at radius 2 is 2.13 bits per heavy atom. The van der Waals surface area contributed by atoms with Crippen LogP contribution in [0.5, 0.6) is 0 Å². The van der Waals surface area contributed by atoms with Crippen molar-refractivity contribution in [2.45, 2.75) is 26.4 Å². The summed E-state index contributed by atoms with van der Waals surface area (Å²) in [7, 11) is 0. The number of aromatic nitrogens is 1. The van der Waals surface area contributed by atoms with Gasteiger partial charge in [-0.15, -0.1) is 0 Å². The second kappa shape index (κ2) is 4.34. The minimum absolute atomic E-state index is 0.425. The molecule has 0 unspecified atom stereocenters. The Labute approximate surface area is 103 Å². The molecular formula is C10H14IN2O2+. The fourth-order valence-electron chi connectivity index (χ4n) is 0.925. The van der Waals surface area contributed by atoms with Gasteiger partial charge in [0.05, 0.1) is 0 Å². The van der Waals surface area contributed by atoms with Crippen molar-refractivity contribution in [2.75, 3.05) is 5.73 Å². The van der Waals surface area contributed by atoms with Crippen molar-refractivity contribution >= 4 is 34.4 Å². The number of rotatable bonds is 0. The maximum absolute atomic E-state index is 11.6. The van der Waals surface area contributed by atoms with E-state index in [0.29, 0.717) is 5.69 Å². The van der Waals surface area contributed by atoms with Crippen LogP contribution in [0, 0.1) is 3.57 Å². The van der Waals surface area contributed by atoms with E-state index in [-0.39, 0.29) is 0 Å². The number of hydrogen-bond donors (Lipinski definition) is 1. The highest BCUT2D eigenvalue weighted by molar-refractivity contribution is 14.1. The van der Waals surface area contributed by atoms with Crippen LogP contribution in [-0.2, 0) is 4.74 Å². The van der Waals surface area contributed by atoms with Gasteiger partial charge < -0.3 is 10.5 Å². The first-order valence-electron chi connectivity index (χ1n) is 4.49. The van der Waals surface area contributed by atoms with E-state index in [0.717, 1.165) is 3.57 Å². The molecule has 15 heavy (non-hydrogen) atoms. The summed E-state index contributed by atoms with van der Waals surface area (Å²) in [4.78, 5) is 11.6. The van der Waals surface area contributed by atoms with Crippen LogP contribution in [0.2, 0.25) is 0 Å². The molecule has 0 aliphatic heterocycles. The Morgan fingerprint density at radius 3 is 2.60 bits per heavy atom. The molecule has 1 rings (SSSR count). The van der Waals surface area contributed by atoms with Gasteiger partial charge in [0.2, 0.25) is 6.20 Å². The van der Waals surface area contributed by atoms with Crippen molar-refractivity contribution in [1.29, 1.82) is 0 Å². The molecule has 0 aliphatic rings. The minimum Gasteiger partial charge on any atom is -0.406 e. The average Bonchev–Trinajstić information content (AvgIpc) is 2.06. The fraction of sp³-hybridized carbons (Fsp3) is 0.400. The number of ether oxygens (including phenoxy) is 1. The van der Waals surface area contributed by atoms with E-state index in [4.69, 9.17) is 10.5 Å². The number of halogens is 1. The van der Waals surface area contributed by atoms with Crippen molar-refractivity contribution in [3.8, 4) is 0 Å². The molecular weight excluding hydrogens is 307 g/mol. The van der Waals surface area contributed by atoms with Crippen LogP contribution in [0.15, 0.2) is 18.5 Å². The second-order valence-corrected chi connectivity index (χ2v) is 5.30. The van der Waals surface area contributed by atoms with Gasteiger partial charge in [-0.3, -0.25) is 0 Å². The quantitative estimate of drug-likeness (QED) is 0.587. The lowest BCUT2D eigenvalue weighted by molar-refractivity contribution is -0.587. The molecule has 4 nitrogen and oxygen atoms in total. The monoisotopic (exact) mass is 321 g/mol. The van der Waals surface area contributed by atoms with Gasteiger partial charge in [0, 0.05) is 9.64 Å². The Morgan fingerprint density at radius 1 is 1.53 bits per heavy atom. The summed E-state index contributed by atoms with van der Waals surface area (Å²) in [5, 5.41) is 0. The molecule has 1 aromatic rings. The van der Waals surface area contributed by atoms with Crippen molar-refractivity contribution in [1.82, 2.24) is 0 Å². The van der Waals surface area contributed by atoms with Crippen LogP contribution in [0.3, 0.4) is 0 Å². The molecule has 0 aromatic carbocycles. The number of carbonyl (C=O) groups excluding carboxylic acids is 1. The lowest BCUT2D eigenvalue weighted by Crippen LogP contribution is -2.46. The predicted octanol–water partition coefficient (Wildman–Crippen LogP) is 1.94. The molecule has 82 valence electrons. The molecule has 0 saturated heterocycles. The van der Waals surface area contributed by atoms with E-state index >= 15 is 0 Å². The smallest absolute Gasteiger partial charge is 0.406 e. The summed E-state index contributed by atoms with van der Waals surface area (Å²) in [5.74, 6) is 0. The van der Waals surface area contributed by atoms with Crippen LogP contribution in [0.1, 0.15) is 20.8 Å². The molecule has 0 atom stereocenters. The Bertz CT molecular complexity index is 385. The van der Waals surface area contributed by atoms with E-state index in [1.54, 1.807) is 18.5 Å². The van der Waals surface area contributed by atoms with Crippen molar-refractivity contribution in [2.24, 2.45) is 0 Å². The first-order valence-corrected chi connectivity index (χ1v) is 5.57. The van der Waals surface area contributed by atoms with Crippen LogP contribution < -0.4 is 10.3 Å². The van der Waals surface area contributed by atoms with Gasteiger partial charge in [0.1, 0.15) is 11.3 Å². The molecule has 2 N–H and O–H groups in total. The van der Waals surface area contributed by atoms with Gasteiger partial charge in [-0.25, -0.2) is 0 Å². The average molecular weight is 321 g/mol. The summed E-state index contributed by atoms with van der Waals surface area (Å²) in [6.45, 7) is 5.46. The third-order valence-electron chi connectivity index (χ3n) is 1.54. The number of nitrogen functional groups attached to an aromatic ring is 1. The molecule has 0 fully saturated rings. The molecule has 0 amide bonds. The maximum atomic E-state index is 11.6. The van der Waals surface area contributed by atoms with E-state index in [1.807, 2.05) is 20.8 Å². The zero-order valence-electron chi connectivity index (χ0n) is 8.95. The lowest BCUT2D eigenvalue weighted by Gasteiger charge is -2.15. The maximum Gasteiger partial charge on any atom is 0.602 e. The summed E-state index contributed by atoms with van der Waals surface area (Å²) in [5.41, 5.74) is 5.75. The van der Waals surface area contributed by atoms with Crippen LogP contribution in [0.4, 0.5) is 10.5 Å². The van der Waals surface area contributed by atoms with Gasteiger partial charge >= 0.3 is 6.09 Å². The van der Waals surface area contributed by atoms with E-state index in [9.17, 15) is 4.79 Å². The van der Waals surface area contributed by atoms with Crippen molar-refractivity contribution in [3.05, 3.63) is 22.0 Å². The van der Waals surface area contributed by atoms with Crippen molar-refractivity contribution in [3.63, 3.8) is 0 Å². The first-order chi connectivity index (χ1) is 6.79. The summed E-state index contributed by atoms with van der Waals surface area (Å²) in [6.07, 6.45) is 2.76. The zero-order valence-corrected chi connectivity index (χ0v) is 11.1. The molecule has 0 saturated carbocycles. The second-order valence-electron chi connectivity index (χ2n) is 4.14. The topological polar surface area (TPSA) is 56.2 Å². The van der Waals surface area contributed by atoms with E-state index in [1.165, 1.54) is 4.57 Å². The SMILES string of the molecule is CC(C)(C)OC(=O)[n+]1ccc(I)c(N)c1. The normalized spacial score (nSPS) is 11.2. The highest BCUT2D eigenvalue weighted by Crippen LogP contribution is 2.11. The molecule has 0 spiro atoms. The zero-order chi connectivity index (χ0) is 11.6. The highest BCUT2D eigenvalue weighted by atomic mass is 127. The molecule has 1 heterocycles. The number of carbonyl (C=O) groups is 1. The number of nitrogens with two attached hydrogens (primary N) is 1. The summed E-state index contributed by atoms with van der Waals surface area (Å²) >= 11 is 2.10. The summed E-state index contributed by atoms with van der Waals surface area (Å²) in [6, 6.07) is 1.76. The van der Waals surface area contributed by atoms with Gasteiger partial charge in [0.15, 0.2) is 6.20 Å². The Balaban J connectivity index is 2.88. The summed E-state index contributed by atoms with van der Waals surface area (Å²) < 4.78 is 7.43. The molecule has 1 aromatic heterocycles. The molecule has 0 aliphatic carbocycles. The largest absolute Gasteiger partial charge is 0.602 e. The molecule has 5 heteroatoms. The Hall–Kier alpha value is -0.850. The van der Waals surface area contributed by atoms with Gasteiger partial charge in [0.25, 0.3) is 0 Å². The van der Waals surface area contributed by atoms with Crippen molar-refractivity contribution < 1.29 is 14.1 Å². The van der Waals surface area contributed by atoms with Crippen LogP contribution in [-0.4, -0.2) is 11.7 Å². The third-order valence-corrected chi connectivity index (χ3v) is 2.52. The van der Waals surface area contributed by atoms with Gasteiger partial charge in [-0.2, -0.15) is 4.79 Å².